The SMILES string of the molecule is CC(C)(C)OC(=O)CN(CC(=O)OC(C)(C)C)Cc1cn(-c2ccncc2)nn1. The molecule has 158 valence electrons. The minimum absolute atomic E-state index is 0.0708. The van der Waals surface area contributed by atoms with E-state index in [1.54, 1.807) is 81.8 Å². The van der Waals surface area contributed by atoms with Crippen LogP contribution in [0.5, 0.6) is 0 Å². The number of ether oxygens (including phenoxy) is 2. The number of pyridine rings is 1. The van der Waals surface area contributed by atoms with Gasteiger partial charge in [-0.3, -0.25) is 19.5 Å². The lowest BCUT2D eigenvalue weighted by Gasteiger charge is -2.25. The maximum Gasteiger partial charge on any atom is 0.320 e. The number of nitrogens with zero attached hydrogens (tertiary/aromatic N) is 5. The molecule has 0 bridgehead atoms. The van der Waals surface area contributed by atoms with Crippen molar-refractivity contribution in [1.82, 2.24) is 24.9 Å². The monoisotopic (exact) mass is 403 g/mol. The molecular weight excluding hydrogens is 374 g/mol. The van der Waals surface area contributed by atoms with Crippen LogP contribution >= 0.6 is 0 Å². The van der Waals surface area contributed by atoms with Crippen LogP contribution in [-0.4, -0.2) is 61.1 Å². The lowest BCUT2D eigenvalue weighted by Crippen LogP contribution is -2.39. The molecule has 0 N–H and O–H groups in total. The number of carbonyl (C=O) groups is 2. The quantitative estimate of drug-likeness (QED) is 0.649. The fourth-order valence-electron chi connectivity index (χ4n) is 2.50. The van der Waals surface area contributed by atoms with Crippen molar-refractivity contribution in [1.29, 1.82) is 0 Å². The van der Waals surface area contributed by atoms with Crippen molar-refractivity contribution in [2.75, 3.05) is 13.1 Å². The first kappa shape index (κ1) is 22.5. The highest BCUT2D eigenvalue weighted by Crippen LogP contribution is 2.12. The lowest BCUT2D eigenvalue weighted by atomic mass is 10.2. The summed E-state index contributed by atoms with van der Waals surface area (Å²) in [4.78, 5) is 30.2. The van der Waals surface area contributed by atoms with Gasteiger partial charge in [0, 0.05) is 18.9 Å². The molecule has 2 heterocycles. The Morgan fingerprint density at radius 2 is 1.48 bits per heavy atom. The number of rotatable bonds is 7. The second kappa shape index (κ2) is 9.13. The van der Waals surface area contributed by atoms with Crippen LogP contribution in [0, 0.1) is 0 Å². The van der Waals surface area contributed by atoms with E-state index in [-0.39, 0.29) is 19.6 Å². The Labute approximate surface area is 171 Å². The van der Waals surface area contributed by atoms with Crippen LogP contribution in [0.15, 0.2) is 30.7 Å². The Morgan fingerprint density at radius 3 is 1.97 bits per heavy atom. The second-order valence-electron chi connectivity index (χ2n) is 8.68. The minimum Gasteiger partial charge on any atom is -0.459 e. The molecule has 0 radical (unpaired) electrons. The average Bonchev–Trinajstić information content (AvgIpc) is 3.00. The molecule has 0 aliphatic carbocycles. The van der Waals surface area contributed by atoms with Gasteiger partial charge < -0.3 is 9.47 Å². The zero-order valence-electron chi connectivity index (χ0n) is 17.9. The van der Waals surface area contributed by atoms with Gasteiger partial charge in [-0.25, -0.2) is 4.68 Å². The highest BCUT2D eigenvalue weighted by Gasteiger charge is 2.24. The summed E-state index contributed by atoms with van der Waals surface area (Å²) in [6.07, 6.45) is 5.06. The summed E-state index contributed by atoms with van der Waals surface area (Å²) in [5.41, 5.74) is 0.191. The molecule has 0 fully saturated rings. The van der Waals surface area contributed by atoms with Crippen LogP contribution in [0.25, 0.3) is 5.69 Å². The van der Waals surface area contributed by atoms with Crippen molar-refractivity contribution >= 4 is 11.9 Å². The molecule has 0 saturated carbocycles. The summed E-state index contributed by atoms with van der Waals surface area (Å²) in [5.74, 6) is -0.856. The molecule has 2 aromatic rings. The highest BCUT2D eigenvalue weighted by molar-refractivity contribution is 5.75. The van der Waals surface area contributed by atoms with E-state index in [0.717, 1.165) is 5.69 Å². The number of esters is 2. The molecular formula is C20H29N5O4. The molecule has 0 unspecified atom stereocenters. The number of hydrogen-bond acceptors (Lipinski definition) is 8. The second-order valence-corrected chi connectivity index (χ2v) is 8.68. The molecule has 29 heavy (non-hydrogen) atoms. The van der Waals surface area contributed by atoms with Crippen LogP contribution in [0.3, 0.4) is 0 Å². The third kappa shape index (κ3) is 8.39. The van der Waals surface area contributed by atoms with Gasteiger partial charge >= 0.3 is 11.9 Å². The van der Waals surface area contributed by atoms with E-state index in [1.165, 1.54) is 0 Å². The van der Waals surface area contributed by atoms with Crippen LogP contribution in [-0.2, 0) is 25.6 Å². The molecule has 9 heteroatoms. The molecule has 0 aliphatic rings. The average molecular weight is 403 g/mol. The summed E-state index contributed by atoms with van der Waals surface area (Å²) in [6.45, 7) is 10.9. The molecule has 0 amide bonds. The summed E-state index contributed by atoms with van der Waals surface area (Å²) >= 11 is 0. The highest BCUT2D eigenvalue weighted by atomic mass is 16.6. The van der Waals surface area contributed by atoms with Gasteiger partial charge in [0.1, 0.15) is 11.2 Å². The van der Waals surface area contributed by atoms with Crippen LogP contribution in [0.4, 0.5) is 0 Å². The van der Waals surface area contributed by atoms with Crippen LogP contribution < -0.4 is 0 Å². The molecule has 9 nitrogen and oxygen atoms in total. The first-order valence-electron chi connectivity index (χ1n) is 9.39. The summed E-state index contributed by atoms with van der Waals surface area (Å²) in [7, 11) is 0. The topological polar surface area (TPSA) is 99.4 Å². The van der Waals surface area contributed by atoms with Gasteiger partial charge in [-0.05, 0) is 53.7 Å². The Hall–Kier alpha value is -2.81. The summed E-state index contributed by atoms with van der Waals surface area (Å²) < 4.78 is 12.4. The number of aromatic nitrogens is 4. The Bertz CT molecular complexity index is 791. The molecule has 2 aromatic heterocycles. The van der Waals surface area contributed by atoms with Crippen LogP contribution in [0.1, 0.15) is 47.2 Å². The third-order valence-corrected chi connectivity index (χ3v) is 3.40. The lowest BCUT2D eigenvalue weighted by molar-refractivity contribution is -0.160. The van der Waals surface area contributed by atoms with Crippen molar-refractivity contribution in [3.05, 3.63) is 36.4 Å². The third-order valence-electron chi connectivity index (χ3n) is 3.40. The van der Waals surface area contributed by atoms with E-state index in [4.69, 9.17) is 9.47 Å². The van der Waals surface area contributed by atoms with Crippen LogP contribution in [0.2, 0.25) is 0 Å². The fraction of sp³-hybridized carbons (Fsp3) is 0.550. The maximum absolute atomic E-state index is 12.3. The normalized spacial score (nSPS) is 12.1. The van der Waals surface area contributed by atoms with E-state index < -0.39 is 23.1 Å². The molecule has 2 rings (SSSR count). The van der Waals surface area contributed by atoms with Gasteiger partial charge in [-0.1, -0.05) is 5.21 Å². The zero-order valence-corrected chi connectivity index (χ0v) is 17.9. The molecule has 0 saturated heterocycles. The molecule has 0 aliphatic heterocycles. The van der Waals surface area contributed by atoms with Gasteiger partial charge in [-0.15, -0.1) is 5.10 Å². The minimum atomic E-state index is -0.612. The van der Waals surface area contributed by atoms with Crippen molar-refractivity contribution in [2.45, 2.75) is 59.3 Å². The zero-order chi connectivity index (χ0) is 21.7. The molecule has 0 atom stereocenters. The standard InChI is InChI=1S/C20H29N5O4/c1-19(2,3)28-17(26)13-24(14-18(27)29-20(4,5)6)11-15-12-25(23-22-15)16-7-9-21-10-8-16/h7-10,12H,11,13-14H2,1-6H3. The van der Waals surface area contributed by atoms with Gasteiger partial charge in [0.05, 0.1) is 30.7 Å². The smallest absolute Gasteiger partial charge is 0.320 e. The van der Waals surface area contributed by atoms with Gasteiger partial charge in [-0.2, -0.15) is 0 Å². The van der Waals surface area contributed by atoms with Crippen molar-refractivity contribution in [2.24, 2.45) is 0 Å². The fourth-order valence-corrected chi connectivity index (χ4v) is 2.50. The van der Waals surface area contributed by atoms with Crippen molar-refractivity contribution < 1.29 is 19.1 Å². The molecule has 0 aromatic carbocycles. The van der Waals surface area contributed by atoms with E-state index in [1.807, 2.05) is 0 Å². The van der Waals surface area contributed by atoms with E-state index in [0.29, 0.717) is 5.69 Å². The van der Waals surface area contributed by atoms with Crippen molar-refractivity contribution in [3.8, 4) is 5.69 Å². The van der Waals surface area contributed by atoms with E-state index in [2.05, 4.69) is 15.3 Å². The van der Waals surface area contributed by atoms with Gasteiger partial charge in [0.2, 0.25) is 0 Å². The van der Waals surface area contributed by atoms with E-state index >= 15 is 0 Å². The largest absolute Gasteiger partial charge is 0.459 e. The number of hydrogen-bond donors (Lipinski definition) is 0. The maximum atomic E-state index is 12.3. The Balaban J connectivity index is 2.11. The number of carbonyl (C=O) groups excluding carboxylic acids is 2. The molecule has 0 spiro atoms. The summed E-state index contributed by atoms with van der Waals surface area (Å²) in [5, 5.41) is 8.24. The van der Waals surface area contributed by atoms with Crippen molar-refractivity contribution in [3.63, 3.8) is 0 Å². The predicted octanol–water partition coefficient (Wildman–Crippen LogP) is 2.15. The Kier molecular flexibility index (Phi) is 7.07. The van der Waals surface area contributed by atoms with Gasteiger partial charge in [0.15, 0.2) is 0 Å². The summed E-state index contributed by atoms with van der Waals surface area (Å²) in [6, 6.07) is 3.61. The predicted molar refractivity (Wildman–Crippen MR) is 106 cm³/mol. The van der Waals surface area contributed by atoms with Gasteiger partial charge in [0.25, 0.3) is 0 Å². The van der Waals surface area contributed by atoms with E-state index in [9.17, 15) is 9.59 Å². The first-order chi connectivity index (χ1) is 13.4. The first-order valence-corrected chi connectivity index (χ1v) is 9.39. The Morgan fingerprint density at radius 1 is 0.966 bits per heavy atom.